The number of likely N-dealkylation sites (N-methyl/N-ethyl adjacent to an activating group) is 1. The maximum Gasteiger partial charge on any atom is 0.182 e. The summed E-state index contributed by atoms with van der Waals surface area (Å²) in [5.41, 5.74) is -0.328. The van der Waals surface area contributed by atoms with Gasteiger partial charge in [0.2, 0.25) is 0 Å². The third-order valence-corrected chi connectivity index (χ3v) is 2.73. The summed E-state index contributed by atoms with van der Waals surface area (Å²) in [6.07, 6.45) is 0.823. The average Bonchev–Trinajstić information content (AvgIpc) is 2.71. The Morgan fingerprint density at radius 1 is 1.41 bits per heavy atom. The van der Waals surface area contributed by atoms with Crippen LogP contribution in [0.2, 0.25) is 0 Å². The van der Waals surface area contributed by atoms with Crippen LogP contribution < -0.4 is 5.32 Å². The maximum absolute atomic E-state index is 13.9. The van der Waals surface area contributed by atoms with Crippen molar-refractivity contribution in [3.05, 3.63) is 35.6 Å². The minimum Gasteiger partial charge on any atom is -0.458 e. The van der Waals surface area contributed by atoms with Gasteiger partial charge in [0.15, 0.2) is 23.0 Å². The highest BCUT2D eigenvalue weighted by Gasteiger charge is 2.21. The molecule has 0 amide bonds. The van der Waals surface area contributed by atoms with Crippen LogP contribution >= 0.6 is 0 Å². The van der Waals surface area contributed by atoms with Gasteiger partial charge in [-0.1, -0.05) is 0 Å². The number of hydrogen-bond donors (Lipinski definition) is 1. The molecule has 3 nitrogen and oxygen atoms in total. The molecule has 0 radical (unpaired) electrons. The highest BCUT2D eigenvalue weighted by atomic mass is 19.1. The zero-order valence-electron chi connectivity index (χ0n) is 9.38. The van der Waals surface area contributed by atoms with E-state index in [1.54, 1.807) is 14.0 Å². The standard InChI is InChI=1S/C12H11F2NO2/c1-6(15-2)11(16)8-4-3-7-9(13)5-17-12(7)10(8)14/h3-6,15H,1-2H3/t6-/m0/s1. The first-order valence-corrected chi connectivity index (χ1v) is 5.13. The van der Waals surface area contributed by atoms with E-state index in [0.29, 0.717) is 0 Å². The molecule has 2 aromatic rings. The Balaban J connectivity index is 2.57. The molecular formula is C12H11F2NO2. The van der Waals surface area contributed by atoms with Crippen molar-refractivity contribution in [3.8, 4) is 0 Å². The van der Waals surface area contributed by atoms with Gasteiger partial charge in [-0.2, -0.15) is 0 Å². The normalized spacial score (nSPS) is 12.9. The molecule has 2 rings (SSSR count). The van der Waals surface area contributed by atoms with Crippen LogP contribution in [0.25, 0.3) is 11.0 Å². The fraction of sp³-hybridized carbons (Fsp3) is 0.250. The summed E-state index contributed by atoms with van der Waals surface area (Å²) in [6.45, 7) is 1.62. The van der Waals surface area contributed by atoms with Gasteiger partial charge < -0.3 is 9.73 Å². The molecule has 1 heterocycles. The van der Waals surface area contributed by atoms with Gasteiger partial charge in [0, 0.05) is 0 Å². The number of rotatable bonds is 3. The van der Waals surface area contributed by atoms with E-state index in [1.165, 1.54) is 12.1 Å². The Labute approximate surface area is 96.4 Å². The van der Waals surface area contributed by atoms with E-state index in [0.717, 1.165) is 6.26 Å². The number of carbonyl (C=O) groups is 1. The second kappa shape index (κ2) is 4.25. The van der Waals surface area contributed by atoms with Gasteiger partial charge in [0.25, 0.3) is 0 Å². The fourth-order valence-corrected chi connectivity index (χ4v) is 1.59. The van der Waals surface area contributed by atoms with Crippen molar-refractivity contribution in [1.29, 1.82) is 0 Å². The molecule has 0 unspecified atom stereocenters. The maximum atomic E-state index is 13.9. The minimum atomic E-state index is -0.821. The lowest BCUT2D eigenvalue weighted by Crippen LogP contribution is -2.31. The fourth-order valence-electron chi connectivity index (χ4n) is 1.59. The third kappa shape index (κ3) is 1.82. The number of ketones is 1. The molecule has 0 spiro atoms. The molecular weight excluding hydrogens is 228 g/mol. The Hall–Kier alpha value is -1.75. The van der Waals surface area contributed by atoms with Gasteiger partial charge in [0.1, 0.15) is 6.26 Å². The lowest BCUT2D eigenvalue weighted by molar-refractivity contribution is 0.0951. The van der Waals surface area contributed by atoms with Crippen LogP contribution in [-0.4, -0.2) is 18.9 Å². The van der Waals surface area contributed by atoms with E-state index in [-0.39, 0.29) is 16.5 Å². The first-order valence-electron chi connectivity index (χ1n) is 5.13. The lowest BCUT2D eigenvalue weighted by Gasteiger charge is -2.09. The van der Waals surface area contributed by atoms with Crippen LogP contribution in [0.3, 0.4) is 0 Å². The number of hydrogen-bond acceptors (Lipinski definition) is 3. The number of Topliss-reactive ketones (excluding diaryl/α,β-unsaturated/α-hetero) is 1. The van der Waals surface area contributed by atoms with Crippen molar-refractivity contribution in [2.75, 3.05) is 7.05 Å². The molecule has 0 aliphatic rings. The molecule has 0 fully saturated rings. The molecule has 90 valence electrons. The summed E-state index contributed by atoms with van der Waals surface area (Å²) in [5.74, 6) is -1.86. The second-order valence-electron chi connectivity index (χ2n) is 3.76. The minimum absolute atomic E-state index is 0.0381. The van der Waals surface area contributed by atoms with E-state index in [9.17, 15) is 13.6 Å². The molecule has 1 N–H and O–H groups in total. The van der Waals surface area contributed by atoms with Gasteiger partial charge in [-0.3, -0.25) is 4.79 Å². The molecule has 0 saturated carbocycles. The molecule has 17 heavy (non-hydrogen) atoms. The Bertz CT molecular complexity index is 577. The summed E-state index contributed by atoms with van der Waals surface area (Å²) in [4.78, 5) is 11.8. The van der Waals surface area contributed by atoms with Crippen molar-refractivity contribution in [3.63, 3.8) is 0 Å². The van der Waals surface area contributed by atoms with E-state index in [4.69, 9.17) is 4.42 Å². The van der Waals surface area contributed by atoms with E-state index in [1.807, 2.05) is 0 Å². The van der Waals surface area contributed by atoms with Crippen LogP contribution in [0.1, 0.15) is 17.3 Å². The predicted molar refractivity (Wildman–Crippen MR) is 59.0 cm³/mol. The Morgan fingerprint density at radius 3 is 2.76 bits per heavy atom. The van der Waals surface area contributed by atoms with Crippen LogP contribution in [-0.2, 0) is 0 Å². The summed E-state index contributed by atoms with van der Waals surface area (Å²) in [6, 6.07) is 2.10. The van der Waals surface area contributed by atoms with Gasteiger partial charge in [-0.05, 0) is 26.1 Å². The van der Waals surface area contributed by atoms with E-state index >= 15 is 0 Å². The molecule has 1 aromatic carbocycles. The number of furan rings is 1. The van der Waals surface area contributed by atoms with Crippen LogP contribution in [0, 0.1) is 11.6 Å². The number of carbonyl (C=O) groups excluding carboxylic acids is 1. The first-order chi connectivity index (χ1) is 8.06. The molecule has 0 aliphatic carbocycles. The number of nitrogens with one attached hydrogen (secondary N) is 1. The van der Waals surface area contributed by atoms with Gasteiger partial charge in [-0.15, -0.1) is 0 Å². The smallest absolute Gasteiger partial charge is 0.182 e. The van der Waals surface area contributed by atoms with Crippen molar-refractivity contribution >= 4 is 16.8 Å². The topological polar surface area (TPSA) is 42.2 Å². The zero-order valence-corrected chi connectivity index (χ0v) is 9.38. The molecule has 0 saturated heterocycles. The molecule has 5 heteroatoms. The van der Waals surface area contributed by atoms with Gasteiger partial charge >= 0.3 is 0 Å². The number of benzene rings is 1. The summed E-state index contributed by atoms with van der Waals surface area (Å²) in [7, 11) is 1.60. The SMILES string of the molecule is CN[C@@H](C)C(=O)c1ccc2c(F)coc2c1F. The molecule has 1 aromatic heterocycles. The second-order valence-corrected chi connectivity index (χ2v) is 3.76. The Morgan fingerprint density at radius 2 is 2.12 bits per heavy atom. The van der Waals surface area contributed by atoms with Gasteiger partial charge in [-0.25, -0.2) is 8.78 Å². The largest absolute Gasteiger partial charge is 0.458 e. The van der Waals surface area contributed by atoms with Crippen molar-refractivity contribution < 1.29 is 18.0 Å². The zero-order chi connectivity index (χ0) is 12.6. The van der Waals surface area contributed by atoms with E-state index in [2.05, 4.69) is 5.32 Å². The quantitative estimate of drug-likeness (QED) is 0.837. The number of halogens is 2. The van der Waals surface area contributed by atoms with Gasteiger partial charge in [0.05, 0.1) is 17.0 Å². The highest BCUT2D eigenvalue weighted by Crippen LogP contribution is 2.25. The highest BCUT2D eigenvalue weighted by molar-refractivity contribution is 6.02. The summed E-state index contributed by atoms with van der Waals surface area (Å²) >= 11 is 0. The average molecular weight is 239 g/mol. The van der Waals surface area contributed by atoms with E-state index < -0.39 is 23.5 Å². The summed E-state index contributed by atoms with van der Waals surface area (Å²) < 4.78 is 31.8. The molecule has 0 bridgehead atoms. The lowest BCUT2D eigenvalue weighted by atomic mass is 10.0. The van der Waals surface area contributed by atoms with Crippen molar-refractivity contribution in [1.82, 2.24) is 5.32 Å². The predicted octanol–water partition coefficient (Wildman–Crippen LogP) is 2.50. The number of fused-ring (bicyclic) bond motifs is 1. The van der Waals surface area contributed by atoms with Crippen molar-refractivity contribution in [2.45, 2.75) is 13.0 Å². The first kappa shape index (κ1) is 11.7. The summed E-state index contributed by atoms with van der Waals surface area (Å²) in [5, 5.41) is 2.76. The van der Waals surface area contributed by atoms with Crippen LogP contribution in [0.5, 0.6) is 0 Å². The van der Waals surface area contributed by atoms with Crippen LogP contribution in [0.15, 0.2) is 22.8 Å². The van der Waals surface area contributed by atoms with Crippen LogP contribution in [0.4, 0.5) is 8.78 Å². The monoisotopic (exact) mass is 239 g/mol. The van der Waals surface area contributed by atoms with Crippen molar-refractivity contribution in [2.24, 2.45) is 0 Å². The molecule has 0 aliphatic heterocycles. The third-order valence-electron chi connectivity index (χ3n) is 2.73. The molecule has 1 atom stereocenters. The Kier molecular flexibility index (Phi) is 2.93.